The van der Waals surface area contributed by atoms with Crippen LogP contribution >= 0.6 is 23.2 Å². The van der Waals surface area contributed by atoms with Gasteiger partial charge in [0.15, 0.2) is 5.65 Å². The number of fused-ring (bicyclic) bond motifs is 1. The van der Waals surface area contributed by atoms with Crippen LogP contribution in [0.5, 0.6) is 0 Å². The van der Waals surface area contributed by atoms with Crippen LogP contribution in [0.3, 0.4) is 0 Å². The summed E-state index contributed by atoms with van der Waals surface area (Å²) >= 11 is 12.5. The zero-order valence-corrected chi connectivity index (χ0v) is 18.7. The number of H-pyrrole nitrogens is 1. The van der Waals surface area contributed by atoms with Gasteiger partial charge in [-0.3, -0.25) is 10.5 Å². The van der Waals surface area contributed by atoms with Gasteiger partial charge in [-0.1, -0.05) is 65.7 Å². The molecule has 0 spiro atoms. The molecule has 0 atom stereocenters. The number of hydrogen-bond acceptors (Lipinski definition) is 5. The Kier molecular flexibility index (Phi) is 5.23. The molecule has 9 heteroatoms. The Balaban J connectivity index is 1.42. The van der Waals surface area contributed by atoms with Crippen molar-refractivity contribution in [1.82, 2.24) is 20.2 Å². The first kappa shape index (κ1) is 20.7. The van der Waals surface area contributed by atoms with Crippen LogP contribution < -0.4 is 10.6 Å². The van der Waals surface area contributed by atoms with E-state index in [2.05, 4.69) is 32.2 Å². The second-order valence-corrected chi connectivity index (χ2v) is 8.73. The quantitative estimate of drug-likeness (QED) is 0.296. The zero-order valence-electron chi connectivity index (χ0n) is 17.1. The minimum Gasteiger partial charge on any atom is -0.387 e. The van der Waals surface area contributed by atoms with E-state index < -0.39 is 5.41 Å². The van der Waals surface area contributed by atoms with Crippen LogP contribution in [0, 0.1) is 5.41 Å². The lowest BCUT2D eigenvalue weighted by atomic mass is 9.72. The zero-order chi connectivity index (χ0) is 22.3. The van der Waals surface area contributed by atoms with Crippen LogP contribution in [-0.2, 0) is 5.41 Å². The molecule has 1 aliphatic heterocycles. The average Bonchev–Trinajstić information content (AvgIpc) is 3.24. The Bertz CT molecular complexity index is 1290. The van der Waals surface area contributed by atoms with Crippen LogP contribution in [0.2, 0.25) is 10.0 Å². The van der Waals surface area contributed by atoms with Gasteiger partial charge in [0.2, 0.25) is 0 Å². The molecule has 0 aliphatic carbocycles. The van der Waals surface area contributed by atoms with Crippen molar-refractivity contribution in [2.75, 3.05) is 18.0 Å². The number of hydrogen-bond donors (Lipinski definition) is 3. The number of nitrogens with zero attached hydrogens (tertiary/aromatic N) is 4. The Hall–Kier alpha value is -3.16. The molecule has 3 heterocycles. The van der Waals surface area contributed by atoms with Crippen molar-refractivity contribution in [3.63, 3.8) is 0 Å². The van der Waals surface area contributed by atoms with Crippen molar-refractivity contribution >= 4 is 46.0 Å². The second-order valence-electron chi connectivity index (χ2n) is 7.95. The predicted molar refractivity (Wildman–Crippen MR) is 129 cm³/mol. The maximum absolute atomic E-state index is 8.27. The van der Waals surface area contributed by atoms with Crippen molar-refractivity contribution < 1.29 is 0 Å². The molecule has 1 aliphatic rings. The van der Waals surface area contributed by atoms with Crippen molar-refractivity contribution in [2.45, 2.75) is 18.3 Å². The minimum absolute atomic E-state index is 0.210. The number of nitrogens with two attached hydrogens (primary N) is 1. The minimum atomic E-state index is -0.445. The van der Waals surface area contributed by atoms with Crippen molar-refractivity contribution in [1.29, 1.82) is 5.41 Å². The van der Waals surface area contributed by atoms with Gasteiger partial charge >= 0.3 is 0 Å². The number of nitrogens with one attached hydrogen (secondary N) is 2. The van der Waals surface area contributed by atoms with E-state index in [-0.39, 0.29) is 5.84 Å². The lowest BCUT2D eigenvalue weighted by molar-refractivity contribution is 0.426. The number of amidine groups is 1. The third-order valence-corrected chi connectivity index (χ3v) is 7.07. The van der Waals surface area contributed by atoms with Crippen molar-refractivity contribution in [3.05, 3.63) is 70.3 Å². The molecule has 162 valence electrons. The van der Waals surface area contributed by atoms with Gasteiger partial charge in [0.05, 0.1) is 21.7 Å². The third kappa shape index (κ3) is 3.38. The summed E-state index contributed by atoms with van der Waals surface area (Å²) in [6.45, 7) is 1.44. The third-order valence-electron chi connectivity index (χ3n) is 6.25. The fraction of sp³-hybridized carbons (Fsp3) is 0.217. The van der Waals surface area contributed by atoms with Crippen LogP contribution in [0.1, 0.15) is 18.4 Å². The smallest absolute Gasteiger partial charge is 0.177 e. The van der Waals surface area contributed by atoms with Gasteiger partial charge < -0.3 is 10.6 Å². The largest absolute Gasteiger partial charge is 0.387 e. The molecule has 4 aromatic rings. The van der Waals surface area contributed by atoms with Crippen LogP contribution in [0.4, 0.5) is 5.82 Å². The summed E-state index contributed by atoms with van der Waals surface area (Å²) in [4.78, 5) is 11.5. The number of benzene rings is 2. The molecule has 5 rings (SSSR count). The molecule has 1 saturated heterocycles. The summed E-state index contributed by atoms with van der Waals surface area (Å²) < 4.78 is 0. The molecular weight excluding hydrogens is 445 g/mol. The van der Waals surface area contributed by atoms with Crippen LogP contribution in [-0.4, -0.2) is 39.1 Å². The highest BCUT2D eigenvalue weighted by molar-refractivity contribution is 6.43. The number of anilines is 1. The molecule has 0 unspecified atom stereocenters. The van der Waals surface area contributed by atoms with Crippen molar-refractivity contribution in [3.8, 4) is 11.3 Å². The van der Waals surface area contributed by atoms with E-state index >= 15 is 0 Å². The Morgan fingerprint density at radius 3 is 2.53 bits per heavy atom. The lowest BCUT2D eigenvalue weighted by Crippen LogP contribution is -2.50. The summed E-state index contributed by atoms with van der Waals surface area (Å²) in [5.74, 6) is 0.969. The molecule has 7 nitrogen and oxygen atoms in total. The molecule has 1 fully saturated rings. The van der Waals surface area contributed by atoms with Crippen LogP contribution in [0.15, 0.2) is 54.7 Å². The Labute approximate surface area is 195 Å². The number of halogens is 2. The van der Waals surface area contributed by atoms with Gasteiger partial charge in [-0.05, 0) is 24.5 Å². The summed E-state index contributed by atoms with van der Waals surface area (Å²) in [7, 11) is 0. The fourth-order valence-corrected chi connectivity index (χ4v) is 4.80. The van der Waals surface area contributed by atoms with Gasteiger partial charge in [0.25, 0.3) is 0 Å². The fourth-order valence-electron chi connectivity index (χ4n) is 4.41. The molecule has 2 aromatic carbocycles. The van der Waals surface area contributed by atoms with E-state index in [0.29, 0.717) is 32.5 Å². The standard InChI is InChI=1S/C23H21Cl2N7/c24-16-8-4-7-15(18(16)25)19-20-21(31-30-19)29-17(13-28-20)32-11-9-23(10-12-32,22(26)27)14-5-2-1-3-6-14/h1-8,13H,9-12H2,(H3,26,27)(H,29,30,31). The molecule has 4 N–H and O–H groups in total. The first-order valence-corrected chi connectivity index (χ1v) is 11.1. The number of aromatic nitrogens is 4. The number of aromatic amines is 1. The van der Waals surface area contributed by atoms with E-state index in [1.165, 1.54) is 0 Å². The number of piperidine rings is 1. The molecule has 2 aromatic heterocycles. The van der Waals surface area contributed by atoms with E-state index in [4.69, 9.17) is 39.3 Å². The highest BCUT2D eigenvalue weighted by Crippen LogP contribution is 2.38. The van der Waals surface area contributed by atoms with Gasteiger partial charge in [-0.15, -0.1) is 0 Å². The highest BCUT2D eigenvalue weighted by Gasteiger charge is 2.39. The highest BCUT2D eigenvalue weighted by atomic mass is 35.5. The Morgan fingerprint density at radius 1 is 1.06 bits per heavy atom. The van der Waals surface area contributed by atoms with E-state index in [0.717, 1.165) is 37.3 Å². The SMILES string of the molecule is N=C(N)C1(c2ccccc2)CCN(c2cnc3c(-c4cccc(Cl)c4Cl)n[nH]c3n2)CC1. The maximum Gasteiger partial charge on any atom is 0.177 e. The number of rotatable bonds is 4. The first-order chi connectivity index (χ1) is 15.5. The monoisotopic (exact) mass is 465 g/mol. The molecule has 0 amide bonds. The van der Waals surface area contributed by atoms with E-state index in [1.807, 2.05) is 30.3 Å². The molecule has 32 heavy (non-hydrogen) atoms. The molecule has 0 bridgehead atoms. The summed E-state index contributed by atoms with van der Waals surface area (Å²) in [5, 5.41) is 16.5. The summed E-state index contributed by atoms with van der Waals surface area (Å²) in [6.07, 6.45) is 3.22. The predicted octanol–water partition coefficient (Wildman–Crippen LogP) is 4.80. The lowest BCUT2D eigenvalue weighted by Gasteiger charge is -2.41. The van der Waals surface area contributed by atoms with Crippen LogP contribution in [0.25, 0.3) is 22.4 Å². The van der Waals surface area contributed by atoms with E-state index in [1.54, 1.807) is 12.3 Å². The van der Waals surface area contributed by atoms with Gasteiger partial charge in [-0.25, -0.2) is 9.97 Å². The van der Waals surface area contributed by atoms with Crippen molar-refractivity contribution in [2.24, 2.45) is 5.73 Å². The molecular formula is C23H21Cl2N7. The Morgan fingerprint density at radius 2 is 1.81 bits per heavy atom. The summed E-state index contributed by atoms with van der Waals surface area (Å²) in [5.41, 5.74) is 9.26. The maximum atomic E-state index is 8.27. The summed E-state index contributed by atoms with van der Waals surface area (Å²) in [6, 6.07) is 15.5. The molecule has 0 radical (unpaired) electrons. The van der Waals surface area contributed by atoms with Gasteiger partial charge in [0.1, 0.15) is 22.9 Å². The average molecular weight is 466 g/mol. The second kappa shape index (κ2) is 8.07. The van der Waals surface area contributed by atoms with E-state index in [9.17, 15) is 0 Å². The van der Waals surface area contributed by atoms with Gasteiger partial charge in [-0.2, -0.15) is 5.10 Å². The van der Waals surface area contributed by atoms with Gasteiger partial charge in [0, 0.05) is 18.7 Å². The topological polar surface area (TPSA) is 108 Å². The molecule has 0 saturated carbocycles. The normalized spacial score (nSPS) is 15.8. The first-order valence-electron chi connectivity index (χ1n) is 10.3.